The summed E-state index contributed by atoms with van der Waals surface area (Å²) in [5.41, 5.74) is 9.06. The van der Waals surface area contributed by atoms with Crippen molar-refractivity contribution in [2.75, 3.05) is 13.1 Å². The van der Waals surface area contributed by atoms with Crippen LogP contribution in [0.25, 0.3) is 0 Å². The maximum Gasteiger partial charge on any atom is 0.0902 e. The van der Waals surface area contributed by atoms with Gasteiger partial charge in [0.15, 0.2) is 0 Å². The van der Waals surface area contributed by atoms with E-state index in [0.717, 1.165) is 19.5 Å². The van der Waals surface area contributed by atoms with Gasteiger partial charge in [-0.05, 0) is 55.7 Å². The van der Waals surface area contributed by atoms with Gasteiger partial charge in [-0.15, -0.1) is 0 Å². The Hall–Kier alpha value is -0.930. The smallest absolute Gasteiger partial charge is 0.0902 e. The third-order valence-corrected chi connectivity index (χ3v) is 5.16. The van der Waals surface area contributed by atoms with E-state index in [-0.39, 0.29) is 0 Å². The molecule has 1 aromatic carbocycles. The molecule has 2 atom stereocenters. The summed E-state index contributed by atoms with van der Waals surface area (Å²) in [7, 11) is 0. The molecule has 0 aromatic heterocycles. The molecule has 2 unspecified atom stereocenters. The van der Waals surface area contributed by atoms with E-state index < -0.39 is 0 Å². The van der Waals surface area contributed by atoms with Crippen LogP contribution in [-0.2, 0) is 6.42 Å². The molecule has 2 N–H and O–H groups in total. The van der Waals surface area contributed by atoms with Crippen molar-refractivity contribution in [2.45, 2.75) is 50.5 Å². The van der Waals surface area contributed by atoms with Crippen LogP contribution in [0.15, 0.2) is 24.3 Å². The van der Waals surface area contributed by atoms with Crippen molar-refractivity contribution in [3.8, 4) is 0 Å². The second kappa shape index (κ2) is 6.23. The van der Waals surface area contributed by atoms with E-state index in [0.29, 0.717) is 16.9 Å². The molecule has 108 valence electrons. The number of piperidine rings is 1. The zero-order chi connectivity index (χ0) is 13.9. The minimum absolute atomic E-state index is 0.327. The average Bonchev–Trinajstić information content (AvgIpc) is 2.48. The first kappa shape index (κ1) is 14.0. The van der Waals surface area contributed by atoms with Gasteiger partial charge in [0.1, 0.15) is 0 Å². The molecule has 0 saturated carbocycles. The summed E-state index contributed by atoms with van der Waals surface area (Å²) in [5.74, 6) is 0.662. The number of benzene rings is 1. The van der Waals surface area contributed by atoms with E-state index in [2.05, 4.69) is 29.2 Å². The zero-order valence-electron chi connectivity index (χ0n) is 12.1. The second-order valence-electron chi connectivity index (χ2n) is 6.20. The monoisotopic (exact) mass is 288 g/mol. The molecule has 2 nitrogen and oxygen atoms in total. The van der Waals surface area contributed by atoms with Gasteiger partial charge in [-0.3, -0.25) is 4.90 Å². The van der Waals surface area contributed by atoms with Crippen molar-refractivity contribution in [3.05, 3.63) is 35.4 Å². The Labute approximate surface area is 127 Å². The zero-order valence-corrected chi connectivity index (χ0v) is 12.9. The molecular weight excluding hydrogens is 264 g/mol. The highest BCUT2D eigenvalue weighted by Crippen LogP contribution is 2.33. The predicted octanol–water partition coefficient (Wildman–Crippen LogP) is 3.25. The van der Waals surface area contributed by atoms with Crippen molar-refractivity contribution in [3.63, 3.8) is 0 Å². The quantitative estimate of drug-likeness (QED) is 0.866. The van der Waals surface area contributed by atoms with E-state index in [1.54, 1.807) is 11.1 Å². The molecule has 1 aliphatic heterocycles. The average molecular weight is 288 g/mol. The van der Waals surface area contributed by atoms with Crippen molar-refractivity contribution in [1.29, 1.82) is 0 Å². The third kappa shape index (κ3) is 2.89. The van der Waals surface area contributed by atoms with Gasteiger partial charge in [0.25, 0.3) is 0 Å². The Bertz CT molecular complexity index is 486. The summed E-state index contributed by atoms with van der Waals surface area (Å²) < 4.78 is 0. The molecule has 3 heteroatoms. The van der Waals surface area contributed by atoms with Gasteiger partial charge in [0.05, 0.1) is 11.0 Å². The van der Waals surface area contributed by atoms with Crippen LogP contribution in [0.3, 0.4) is 0 Å². The Morgan fingerprint density at radius 1 is 1.20 bits per heavy atom. The first-order valence-corrected chi connectivity index (χ1v) is 8.27. The summed E-state index contributed by atoms with van der Waals surface area (Å²) in [5, 5.41) is 0. The molecule has 1 aliphatic carbocycles. The number of fused-ring (bicyclic) bond motifs is 1. The van der Waals surface area contributed by atoms with Gasteiger partial charge in [-0.25, -0.2) is 0 Å². The molecular formula is C17H24N2S. The first-order chi connectivity index (χ1) is 9.75. The van der Waals surface area contributed by atoms with E-state index in [4.69, 9.17) is 18.0 Å². The molecule has 1 heterocycles. The van der Waals surface area contributed by atoms with Gasteiger partial charge in [0.2, 0.25) is 0 Å². The molecule has 1 fully saturated rings. The number of aryl methyl sites for hydroxylation is 1. The Balaban J connectivity index is 1.76. The molecule has 1 aromatic rings. The molecule has 0 radical (unpaired) electrons. The van der Waals surface area contributed by atoms with Crippen LogP contribution >= 0.6 is 12.2 Å². The second-order valence-corrected chi connectivity index (χ2v) is 6.67. The summed E-state index contributed by atoms with van der Waals surface area (Å²) in [6.07, 6.45) is 7.55. The number of hydrogen-bond donors (Lipinski definition) is 1. The normalized spacial score (nSPS) is 27.0. The Kier molecular flexibility index (Phi) is 4.37. The summed E-state index contributed by atoms with van der Waals surface area (Å²) >= 11 is 5.27. The first-order valence-electron chi connectivity index (χ1n) is 7.87. The maximum atomic E-state index is 5.95. The highest BCUT2D eigenvalue weighted by Gasteiger charge is 2.29. The Morgan fingerprint density at radius 3 is 2.90 bits per heavy atom. The largest absolute Gasteiger partial charge is 0.392 e. The van der Waals surface area contributed by atoms with Crippen LogP contribution < -0.4 is 5.73 Å². The fourth-order valence-electron chi connectivity index (χ4n) is 3.86. The lowest BCUT2D eigenvalue weighted by Crippen LogP contribution is -2.48. The Morgan fingerprint density at radius 2 is 2.05 bits per heavy atom. The van der Waals surface area contributed by atoms with E-state index in [9.17, 15) is 0 Å². The summed E-state index contributed by atoms with van der Waals surface area (Å²) in [4.78, 5) is 3.23. The van der Waals surface area contributed by atoms with Crippen LogP contribution in [0.2, 0.25) is 0 Å². The predicted molar refractivity (Wildman–Crippen MR) is 88.1 cm³/mol. The van der Waals surface area contributed by atoms with Crippen molar-refractivity contribution >= 4 is 17.2 Å². The fraction of sp³-hybridized carbons (Fsp3) is 0.588. The van der Waals surface area contributed by atoms with Gasteiger partial charge >= 0.3 is 0 Å². The van der Waals surface area contributed by atoms with Crippen molar-refractivity contribution in [2.24, 2.45) is 5.73 Å². The van der Waals surface area contributed by atoms with Gasteiger partial charge in [-0.1, -0.05) is 42.9 Å². The summed E-state index contributed by atoms with van der Waals surface area (Å²) in [6, 6.07) is 9.28. The third-order valence-electron chi connectivity index (χ3n) is 4.89. The van der Waals surface area contributed by atoms with E-state index >= 15 is 0 Å². The number of likely N-dealkylation sites (tertiary alicyclic amines) is 1. The standard InChI is InChI=1S/C17H24N2S/c18-17(20)16-10-3-4-11-19(16)12-14-8-5-7-13-6-1-2-9-15(13)14/h1-2,6,9,14,16H,3-5,7-8,10-12H2,(H2,18,20). The molecule has 20 heavy (non-hydrogen) atoms. The number of nitrogens with zero attached hydrogens (tertiary/aromatic N) is 1. The fourth-order valence-corrected chi connectivity index (χ4v) is 4.13. The minimum Gasteiger partial charge on any atom is -0.392 e. The maximum absolute atomic E-state index is 5.95. The van der Waals surface area contributed by atoms with Crippen LogP contribution in [0.5, 0.6) is 0 Å². The van der Waals surface area contributed by atoms with Crippen LogP contribution in [0.4, 0.5) is 0 Å². The molecule has 0 spiro atoms. The van der Waals surface area contributed by atoms with Crippen LogP contribution in [0.1, 0.15) is 49.1 Å². The number of thiocarbonyl (C=S) groups is 1. The highest BCUT2D eigenvalue weighted by molar-refractivity contribution is 7.80. The topological polar surface area (TPSA) is 29.3 Å². The summed E-state index contributed by atoms with van der Waals surface area (Å²) in [6.45, 7) is 2.28. The van der Waals surface area contributed by atoms with Gasteiger partial charge in [-0.2, -0.15) is 0 Å². The lowest BCUT2D eigenvalue weighted by atomic mass is 9.82. The molecule has 0 amide bonds. The molecule has 0 bridgehead atoms. The lowest BCUT2D eigenvalue weighted by Gasteiger charge is -2.38. The number of rotatable bonds is 3. The highest BCUT2D eigenvalue weighted by atomic mass is 32.1. The SMILES string of the molecule is NC(=S)C1CCCCN1CC1CCCc2ccccc21. The number of hydrogen-bond acceptors (Lipinski definition) is 2. The van der Waals surface area contributed by atoms with E-state index in [1.165, 1.54) is 32.1 Å². The van der Waals surface area contributed by atoms with E-state index in [1.807, 2.05) is 0 Å². The van der Waals surface area contributed by atoms with Crippen molar-refractivity contribution in [1.82, 2.24) is 4.90 Å². The molecule has 2 aliphatic rings. The van der Waals surface area contributed by atoms with Crippen molar-refractivity contribution < 1.29 is 0 Å². The van der Waals surface area contributed by atoms with Crippen LogP contribution in [0, 0.1) is 0 Å². The molecule has 3 rings (SSSR count). The molecule has 1 saturated heterocycles. The minimum atomic E-state index is 0.327. The lowest BCUT2D eigenvalue weighted by molar-refractivity contribution is 0.177. The van der Waals surface area contributed by atoms with Crippen LogP contribution in [-0.4, -0.2) is 29.0 Å². The number of nitrogens with two attached hydrogens (primary N) is 1. The van der Waals surface area contributed by atoms with Gasteiger partial charge in [0, 0.05) is 6.54 Å². The van der Waals surface area contributed by atoms with Gasteiger partial charge < -0.3 is 5.73 Å².